The molecular formula is C20H24ClN3O2. The molecule has 6 heteroatoms. The molecule has 26 heavy (non-hydrogen) atoms. The van der Waals surface area contributed by atoms with Gasteiger partial charge in [-0.1, -0.05) is 30.7 Å². The Kier molecular flexibility index (Phi) is 7.18. The zero-order valence-corrected chi connectivity index (χ0v) is 15.6. The number of hydrogen-bond donors (Lipinski definition) is 2. The number of carbonyl (C=O) groups is 2. The Balaban J connectivity index is 0.00000243. The third-order valence-electron chi connectivity index (χ3n) is 4.45. The van der Waals surface area contributed by atoms with Crippen LogP contribution in [-0.2, 0) is 4.79 Å². The number of benzene rings is 2. The molecule has 1 aliphatic rings. The van der Waals surface area contributed by atoms with E-state index in [1.165, 1.54) is 0 Å². The van der Waals surface area contributed by atoms with E-state index in [1.807, 2.05) is 30.3 Å². The summed E-state index contributed by atoms with van der Waals surface area (Å²) in [5.41, 5.74) is 2.01. The Morgan fingerprint density at radius 2 is 1.85 bits per heavy atom. The number of amides is 2. The van der Waals surface area contributed by atoms with Crippen LogP contribution in [-0.4, -0.2) is 31.4 Å². The summed E-state index contributed by atoms with van der Waals surface area (Å²) in [6, 6.07) is 16.4. The molecule has 5 nitrogen and oxygen atoms in total. The molecule has 1 saturated heterocycles. The van der Waals surface area contributed by atoms with Crippen molar-refractivity contribution < 1.29 is 9.59 Å². The molecule has 0 radical (unpaired) electrons. The zero-order chi connectivity index (χ0) is 17.6. The molecule has 0 spiro atoms. The number of halogens is 1. The van der Waals surface area contributed by atoms with Gasteiger partial charge in [-0.3, -0.25) is 9.59 Å². The molecule has 138 valence electrons. The Labute approximate surface area is 160 Å². The molecule has 1 heterocycles. The predicted octanol–water partition coefficient (Wildman–Crippen LogP) is 3.47. The van der Waals surface area contributed by atoms with Crippen molar-refractivity contribution in [2.45, 2.75) is 25.3 Å². The predicted molar refractivity (Wildman–Crippen MR) is 107 cm³/mol. The van der Waals surface area contributed by atoms with Crippen LogP contribution in [0.3, 0.4) is 0 Å². The molecule has 2 aromatic carbocycles. The van der Waals surface area contributed by atoms with Crippen molar-refractivity contribution in [2.75, 3.05) is 23.8 Å². The molecular weight excluding hydrogens is 350 g/mol. The van der Waals surface area contributed by atoms with Crippen LogP contribution in [0, 0.1) is 0 Å². The van der Waals surface area contributed by atoms with Crippen LogP contribution in [0.4, 0.5) is 11.4 Å². The van der Waals surface area contributed by atoms with Crippen molar-refractivity contribution in [2.24, 2.45) is 0 Å². The van der Waals surface area contributed by atoms with Crippen molar-refractivity contribution in [1.29, 1.82) is 0 Å². The quantitative estimate of drug-likeness (QED) is 0.862. The summed E-state index contributed by atoms with van der Waals surface area (Å²) < 4.78 is 0. The summed E-state index contributed by atoms with van der Waals surface area (Å²) in [6.45, 7) is 0.873. The average molecular weight is 374 g/mol. The molecule has 0 aromatic heterocycles. The summed E-state index contributed by atoms with van der Waals surface area (Å²) in [7, 11) is 1.74. The highest BCUT2D eigenvalue weighted by Crippen LogP contribution is 2.18. The van der Waals surface area contributed by atoms with Gasteiger partial charge in [0.15, 0.2) is 0 Å². The lowest BCUT2D eigenvalue weighted by Crippen LogP contribution is -2.43. The van der Waals surface area contributed by atoms with Crippen LogP contribution in [0.25, 0.3) is 0 Å². The van der Waals surface area contributed by atoms with Crippen LogP contribution in [0.1, 0.15) is 29.6 Å². The lowest BCUT2D eigenvalue weighted by atomic mass is 10.0. The Hall–Kier alpha value is -2.37. The summed E-state index contributed by atoms with van der Waals surface area (Å²) in [5.74, 6) is -0.154. The van der Waals surface area contributed by atoms with Crippen LogP contribution in [0.2, 0.25) is 0 Å². The molecule has 0 saturated carbocycles. The minimum Gasteiger partial charge on any atom is -0.325 e. The van der Waals surface area contributed by atoms with Gasteiger partial charge < -0.3 is 15.5 Å². The smallest absolute Gasteiger partial charge is 0.258 e. The summed E-state index contributed by atoms with van der Waals surface area (Å²) in [5, 5.41) is 6.14. The van der Waals surface area contributed by atoms with E-state index < -0.39 is 0 Å². The first kappa shape index (κ1) is 19.9. The van der Waals surface area contributed by atoms with Crippen molar-refractivity contribution >= 4 is 35.6 Å². The highest BCUT2D eigenvalue weighted by Gasteiger charge is 2.21. The number of hydrogen-bond acceptors (Lipinski definition) is 3. The SMILES string of the molecule is CN(C(=O)c1cccc(NC(=O)C2CCCCN2)c1)c1ccccc1.Cl. The van der Waals surface area contributed by atoms with E-state index in [0.29, 0.717) is 11.3 Å². The van der Waals surface area contributed by atoms with Crippen LogP contribution in [0.5, 0.6) is 0 Å². The van der Waals surface area contributed by atoms with Crippen LogP contribution < -0.4 is 15.5 Å². The Bertz CT molecular complexity index is 746. The molecule has 1 atom stereocenters. The van der Waals surface area contributed by atoms with Gasteiger partial charge in [-0.05, 0) is 49.7 Å². The van der Waals surface area contributed by atoms with Gasteiger partial charge in [-0.15, -0.1) is 12.4 Å². The molecule has 0 bridgehead atoms. The van der Waals surface area contributed by atoms with Gasteiger partial charge >= 0.3 is 0 Å². The van der Waals surface area contributed by atoms with E-state index in [9.17, 15) is 9.59 Å². The lowest BCUT2D eigenvalue weighted by Gasteiger charge is -2.22. The van der Waals surface area contributed by atoms with Crippen molar-refractivity contribution in [1.82, 2.24) is 5.32 Å². The van der Waals surface area contributed by atoms with E-state index in [1.54, 1.807) is 36.2 Å². The third-order valence-corrected chi connectivity index (χ3v) is 4.45. The third kappa shape index (κ3) is 4.84. The van der Waals surface area contributed by atoms with Gasteiger partial charge in [0.05, 0.1) is 6.04 Å². The first-order chi connectivity index (χ1) is 12.1. The molecule has 1 fully saturated rings. The summed E-state index contributed by atoms with van der Waals surface area (Å²) in [4.78, 5) is 26.6. The molecule has 2 aromatic rings. The molecule has 0 aliphatic carbocycles. The normalized spacial score (nSPS) is 16.3. The lowest BCUT2D eigenvalue weighted by molar-refractivity contribution is -0.118. The van der Waals surface area contributed by atoms with Crippen molar-refractivity contribution in [3.63, 3.8) is 0 Å². The van der Waals surface area contributed by atoms with Gasteiger partial charge in [0, 0.05) is 24.0 Å². The average Bonchev–Trinajstić information content (AvgIpc) is 2.68. The number of rotatable bonds is 4. The number of nitrogens with one attached hydrogen (secondary N) is 2. The number of carbonyl (C=O) groups excluding carboxylic acids is 2. The Morgan fingerprint density at radius 3 is 2.54 bits per heavy atom. The fourth-order valence-electron chi connectivity index (χ4n) is 3.00. The topological polar surface area (TPSA) is 61.4 Å². The van der Waals surface area contributed by atoms with Crippen molar-refractivity contribution in [3.8, 4) is 0 Å². The zero-order valence-electron chi connectivity index (χ0n) is 14.8. The van der Waals surface area contributed by atoms with Crippen LogP contribution >= 0.6 is 12.4 Å². The van der Waals surface area contributed by atoms with Gasteiger partial charge in [0.1, 0.15) is 0 Å². The van der Waals surface area contributed by atoms with Crippen LogP contribution in [0.15, 0.2) is 54.6 Å². The summed E-state index contributed by atoms with van der Waals surface area (Å²) in [6.07, 6.45) is 3.02. The molecule has 2 N–H and O–H groups in total. The standard InChI is InChI=1S/C20H23N3O2.ClH/c1-23(17-10-3-2-4-11-17)20(25)15-8-7-9-16(14-15)22-19(24)18-12-5-6-13-21-18;/h2-4,7-11,14,18,21H,5-6,12-13H2,1H3,(H,22,24);1H. The van der Waals surface area contributed by atoms with E-state index >= 15 is 0 Å². The second kappa shape index (κ2) is 9.36. The number of anilines is 2. The molecule has 1 aliphatic heterocycles. The molecule has 3 rings (SSSR count). The maximum atomic E-state index is 12.7. The minimum atomic E-state index is -0.153. The van der Waals surface area contributed by atoms with E-state index in [2.05, 4.69) is 10.6 Å². The monoisotopic (exact) mass is 373 g/mol. The first-order valence-corrected chi connectivity index (χ1v) is 8.62. The van der Waals surface area contributed by atoms with Gasteiger partial charge in [0.2, 0.25) is 5.91 Å². The number of para-hydroxylation sites is 1. The Morgan fingerprint density at radius 1 is 1.08 bits per heavy atom. The van der Waals surface area contributed by atoms with Gasteiger partial charge in [0.25, 0.3) is 5.91 Å². The maximum absolute atomic E-state index is 12.7. The number of nitrogens with zero attached hydrogens (tertiary/aromatic N) is 1. The van der Waals surface area contributed by atoms with Gasteiger partial charge in [-0.2, -0.15) is 0 Å². The summed E-state index contributed by atoms with van der Waals surface area (Å²) >= 11 is 0. The highest BCUT2D eigenvalue weighted by atomic mass is 35.5. The maximum Gasteiger partial charge on any atom is 0.258 e. The van der Waals surface area contributed by atoms with E-state index in [0.717, 1.165) is 31.5 Å². The fourth-order valence-corrected chi connectivity index (χ4v) is 3.00. The van der Waals surface area contributed by atoms with E-state index in [-0.39, 0.29) is 30.3 Å². The first-order valence-electron chi connectivity index (χ1n) is 8.62. The molecule has 1 unspecified atom stereocenters. The minimum absolute atomic E-state index is 0. The largest absolute Gasteiger partial charge is 0.325 e. The number of piperidine rings is 1. The second-order valence-electron chi connectivity index (χ2n) is 6.27. The van der Waals surface area contributed by atoms with Gasteiger partial charge in [-0.25, -0.2) is 0 Å². The fraction of sp³-hybridized carbons (Fsp3) is 0.300. The molecule has 2 amide bonds. The highest BCUT2D eigenvalue weighted by molar-refractivity contribution is 6.06. The van der Waals surface area contributed by atoms with Crippen molar-refractivity contribution in [3.05, 3.63) is 60.2 Å². The second-order valence-corrected chi connectivity index (χ2v) is 6.27. The van der Waals surface area contributed by atoms with E-state index in [4.69, 9.17) is 0 Å².